The lowest BCUT2D eigenvalue weighted by Crippen LogP contribution is -2.35. The van der Waals surface area contributed by atoms with Gasteiger partial charge in [-0.05, 0) is 26.8 Å². The maximum atomic E-state index is 11.7. The molecule has 1 atom stereocenters. The number of rotatable bonds is 3. The second kappa shape index (κ2) is 4.84. The molecule has 0 bridgehead atoms. The fourth-order valence-electron chi connectivity index (χ4n) is 1.13. The Morgan fingerprint density at radius 2 is 2.20 bits per heavy atom. The van der Waals surface area contributed by atoms with Crippen molar-refractivity contribution in [3.63, 3.8) is 0 Å². The van der Waals surface area contributed by atoms with E-state index in [0.717, 1.165) is 0 Å². The molecule has 1 aromatic rings. The number of nitrogens with one attached hydrogen (secondary N) is 1. The summed E-state index contributed by atoms with van der Waals surface area (Å²) in [6.07, 6.45) is 0. The summed E-state index contributed by atoms with van der Waals surface area (Å²) in [5.74, 6) is -0.230. The highest BCUT2D eigenvalue weighted by Gasteiger charge is 2.12. The molecule has 5 nitrogen and oxygen atoms in total. The Balaban J connectivity index is 2.86. The minimum atomic E-state index is -0.259. The molecule has 0 fully saturated rings. The molecule has 2 N–H and O–H groups in total. The zero-order valence-electron chi connectivity index (χ0n) is 9.11. The molecule has 0 saturated carbocycles. The molecule has 0 radical (unpaired) electrons. The standard InChI is InChI=1S/C10H15N3O2/c1-6-4-9(8(3)13-12-6)10(15)11-7(2)5-14/h4,7,14H,5H2,1-3H3,(H,11,15)/t7-/m1/s1. The smallest absolute Gasteiger partial charge is 0.253 e. The summed E-state index contributed by atoms with van der Waals surface area (Å²) in [4.78, 5) is 11.7. The number of hydrogen-bond donors (Lipinski definition) is 2. The number of aliphatic hydroxyl groups excluding tert-OH is 1. The van der Waals surface area contributed by atoms with Gasteiger partial charge in [-0.2, -0.15) is 10.2 Å². The summed E-state index contributed by atoms with van der Waals surface area (Å²) in [7, 11) is 0. The van der Waals surface area contributed by atoms with E-state index in [1.165, 1.54) is 0 Å². The first-order chi connectivity index (χ1) is 7.04. The van der Waals surface area contributed by atoms with Crippen molar-refractivity contribution in [3.8, 4) is 0 Å². The van der Waals surface area contributed by atoms with E-state index in [0.29, 0.717) is 17.0 Å². The number of amides is 1. The van der Waals surface area contributed by atoms with Gasteiger partial charge >= 0.3 is 0 Å². The molecule has 1 amide bonds. The van der Waals surface area contributed by atoms with Crippen LogP contribution >= 0.6 is 0 Å². The zero-order chi connectivity index (χ0) is 11.4. The van der Waals surface area contributed by atoms with Gasteiger partial charge in [-0.1, -0.05) is 0 Å². The minimum Gasteiger partial charge on any atom is -0.394 e. The van der Waals surface area contributed by atoms with Gasteiger partial charge in [0.1, 0.15) is 0 Å². The molecule has 1 rings (SSSR count). The van der Waals surface area contributed by atoms with Gasteiger partial charge < -0.3 is 10.4 Å². The Morgan fingerprint density at radius 3 is 2.80 bits per heavy atom. The number of hydrogen-bond acceptors (Lipinski definition) is 4. The fraction of sp³-hybridized carbons (Fsp3) is 0.500. The molecular formula is C10H15N3O2. The fourth-order valence-corrected chi connectivity index (χ4v) is 1.13. The quantitative estimate of drug-likeness (QED) is 0.746. The van der Waals surface area contributed by atoms with Crippen molar-refractivity contribution in [2.45, 2.75) is 26.8 Å². The molecule has 0 aliphatic rings. The second-order valence-electron chi connectivity index (χ2n) is 3.54. The maximum Gasteiger partial charge on any atom is 0.253 e. The van der Waals surface area contributed by atoms with Crippen molar-refractivity contribution in [2.75, 3.05) is 6.61 Å². The number of carbonyl (C=O) groups is 1. The van der Waals surface area contributed by atoms with Gasteiger partial charge in [0.25, 0.3) is 5.91 Å². The Bertz CT molecular complexity index is 366. The normalized spacial score (nSPS) is 12.3. The zero-order valence-corrected chi connectivity index (χ0v) is 9.11. The van der Waals surface area contributed by atoms with Crippen LogP contribution in [0.4, 0.5) is 0 Å². The Morgan fingerprint density at radius 1 is 1.53 bits per heavy atom. The Labute approximate surface area is 88.5 Å². The molecule has 0 aromatic carbocycles. The Kier molecular flexibility index (Phi) is 3.74. The molecule has 1 aromatic heterocycles. The van der Waals surface area contributed by atoms with E-state index in [2.05, 4.69) is 15.5 Å². The van der Waals surface area contributed by atoms with Crippen LogP contribution in [-0.4, -0.2) is 33.9 Å². The molecule has 1 heterocycles. The first-order valence-electron chi connectivity index (χ1n) is 4.77. The van der Waals surface area contributed by atoms with E-state index in [9.17, 15) is 4.79 Å². The molecule has 0 aliphatic heterocycles. The average molecular weight is 209 g/mol. The lowest BCUT2D eigenvalue weighted by atomic mass is 10.2. The van der Waals surface area contributed by atoms with Crippen LogP contribution in [0.15, 0.2) is 6.07 Å². The summed E-state index contributed by atoms with van der Waals surface area (Å²) < 4.78 is 0. The van der Waals surface area contributed by atoms with Crippen LogP contribution < -0.4 is 5.32 Å². The third-order valence-electron chi connectivity index (χ3n) is 2.00. The highest BCUT2D eigenvalue weighted by atomic mass is 16.3. The lowest BCUT2D eigenvalue weighted by Gasteiger charge is -2.11. The number of aliphatic hydroxyl groups is 1. The average Bonchev–Trinajstić information content (AvgIpc) is 2.21. The van der Waals surface area contributed by atoms with Crippen molar-refractivity contribution in [1.82, 2.24) is 15.5 Å². The third kappa shape index (κ3) is 2.99. The van der Waals surface area contributed by atoms with Crippen LogP contribution in [0.1, 0.15) is 28.7 Å². The molecule has 15 heavy (non-hydrogen) atoms. The van der Waals surface area contributed by atoms with Gasteiger partial charge in [0.15, 0.2) is 0 Å². The van der Waals surface area contributed by atoms with Crippen LogP contribution in [0.3, 0.4) is 0 Å². The molecule has 5 heteroatoms. The molecule has 82 valence electrons. The molecule has 0 aliphatic carbocycles. The predicted molar refractivity (Wildman–Crippen MR) is 55.5 cm³/mol. The van der Waals surface area contributed by atoms with Crippen LogP contribution in [0, 0.1) is 13.8 Å². The number of aryl methyl sites for hydroxylation is 2. The van der Waals surface area contributed by atoms with Gasteiger partial charge in [-0.15, -0.1) is 0 Å². The van der Waals surface area contributed by atoms with Gasteiger partial charge in [-0.25, -0.2) is 0 Å². The van der Waals surface area contributed by atoms with Gasteiger partial charge in [0.05, 0.1) is 23.6 Å². The minimum absolute atomic E-state index is 0.0811. The summed E-state index contributed by atoms with van der Waals surface area (Å²) >= 11 is 0. The molecule has 0 saturated heterocycles. The van der Waals surface area contributed by atoms with Gasteiger partial charge in [0.2, 0.25) is 0 Å². The van der Waals surface area contributed by atoms with Crippen LogP contribution in [0.2, 0.25) is 0 Å². The topological polar surface area (TPSA) is 75.1 Å². The number of aromatic nitrogens is 2. The van der Waals surface area contributed by atoms with Crippen molar-refractivity contribution in [2.24, 2.45) is 0 Å². The highest BCUT2D eigenvalue weighted by molar-refractivity contribution is 5.95. The van der Waals surface area contributed by atoms with Crippen molar-refractivity contribution in [3.05, 3.63) is 23.0 Å². The van der Waals surface area contributed by atoms with E-state index in [1.807, 2.05) is 0 Å². The maximum absolute atomic E-state index is 11.7. The molecular weight excluding hydrogens is 194 g/mol. The lowest BCUT2D eigenvalue weighted by molar-refractivity contribution is 0.0921. The van der Waals surface area contributed by atoms with Crippen LogP contribution in [0.25, 0.3) is 0 Å². The Hall–Kier alpha value is -1.49. The summed E-state index contributed by atoms with van der Waals surface area (Å²) in [5, 5.41) is 19.2. The summed E-state index contributed by atoms with van der Waals surface area (Å²) in [6.45, 7) is 5.15. The van der Waals surface area contributed by atoms with Gasteiger partial charge in [-0.3, -0.25) is 4.79 Å². The summed E-state index contributed by atoms with van der Waals surface area (Å²) in [5.41, 5.74) is 1.79. The highest BCUT2D eigenvalue weighted by Crippen LogP contribution is 2.05. The van der Waals surface area contributed by atoms with Crippen molar-refractivity contribution < 1.29 is 9.90 Å². The number of nitrogens with zero attached hydrogens (tertiary/aromatic N) is 2. The number of carbonyl (C=O) groups excluding carboxylic acids is 1. The molecule has 0 spiro atoms. The van der Waals surface area contributed by atoms with E-state index < -0.39 is 0 Å². The monoisotopic (exact) mass is 209 g/mol. The predicted octanol–water partition coefficient (Wildman–Crippen LogP) is 0.204. The van der Waals surface area contributed by atoms with Crippen molar-refractivity contribution >= 4 is 5.91 Å². The van der Waals surface area contributed by atoms with E-state index in [1.54, 1.807) is 26.8 Å². The van der Waals surface area contributed by atoms with Gasteiger partial charge in [0, 0.05) is 6.04 Å². The SMILES string of the molecule is Cc1cc(C(=O)N[C@H](C)CO)c(C)nn1. The van der Waals surface area contributed by atoms with E-state index >= 15 is 0 Å². The van der Waals surface area contributed by atoms with Crippen LogP contribution in [0.5, 0.6) is 0 Å². The second-order valence-corrected chi connectivity index (χ2v) is 3.54. The largest absolute Gasteiger partial charge is 0.394 e. The summed E-state index contributed by atoms with van der Waals surface area (Å²) in [6, 6.07) is 1.42. The third-order valence-corrected chi connectivity index (χ3v) is 2.00. The van der Waals surface area contributed by atoms with Crippen molar-refractivity contribution in [1.29, 1.82) is 0 Å². The van der Waals surface area contributed by atoms with Crippen LogP contribution in [-0.2, 0) is 0 Å². The first-order valence-corrected chi connectivity index (χ1v) is 4.77. The first kappa shape index (κ1) is 11.6. The van der Waals surface area contributed by atoms with E-state index in [-0.39, 0.29) is 18.6 Å². The van der Waals surface area contributed by atoms with E-state index in [4.69, 9.17) is 5.11 Å². The molecule has 0 unspecified atom stereocenters.